The van der Waals surface area contributed by atoms with Crippen LogP contribution in [0, 0.1) is 5.82 Å². The molecule has 0 radical (unpaired) electrons. The van der Waals surface area contributed by atoms with Gasteiger partial charge in [-0.05, 0) is 48.5 Å². The second kappa shape index (κ2) is 8.42. The minimum absolute atomic E-state index is 0.0583. The van der Waals surface area contributed by atoms with E-state index in [0.717, 1.165) is 11.3 Å². The zero-order chi connectivity index (χ0) is 20.1. The van der Waals surface area contributed by atoms with Gasteiger partial charge < -0.3 is 10.1 Å². The van der Waals surface area contributed by atoms with Crippen molar-refractivity contribution in [3.05, 3.63) is 64.4 Å². The standard InChI is InChI=1S/C17H15FN4O4S2/c1-26-13-6-8-14(9-7-13)28(24,25)19-10-15-21-22-17(27-15)16(23)20-12-4-2-11(18)3-5-12/h2-9,19H,10H2,1H3,(H,20,23). The molecule has 0 saturated heterocycles. The summed E-state index contributed by atoms with van der Waals surface area (Å²) in [7, 11) is -2.26. The monoisotopic (exact) mass is 422 g/mol. The van der Waals surface area contributed by atoms with E-state index in [1.807, 2.05) is 0 Å². The molecule has 2 N–H and O–H groups in total. The van der Waals surface area contributed by atoms with E-state index < -0.39 is 21.7 Å². The van der Waals surface area contributed by atoms with E-state index in [0.29, 0.717) is 16.4 Å². The predicted octanol–water partition coefficient (Wildman–Crippen LogP) is 2.42. The number of carbonyl (C=O) groups excluding carboxylic acids is 1. The number of anilines is 1. The Hall–Kier alpha value is -2.89. The molecule has 0 aliphatic carbocycles. The number of carbonyl (C=O) groups is 1. The molecule has 2 aromatic carbocycles. The average Bonchev–Trinajstić information content (AvgIpc) is 3.18. The first kappa shape index (κ1) is 19.9. The van der Waals surface area contributed by atoms with Crippen LogP contribution in [0.4, 0.5) is 10.1 Å². The topological polar surface area (TPSA) is 110 Å². The Morgan fingerprint density at radius 1 is 1.11 bits per heavy atom. The molecule has 0 unspecified atom stereocenters. The Kier molecular flexibility index (Phi) is 5.97. The van der Waals surface area contributed by atoms with Crippen LogP contribution < -0.4 is 14.8 Å². The number of ether oxygens (including phenoxy) is 1. The molecule has 0 aliphatic heterocycles. The van der Waals surface area contributed by atoms with E-state index in [9.17, 15) is 17.6 Å². The fraction of sp³-hybridized carbons (Fsp3) is 0.118. The third-order valence-corrected chi connectivity index (χ3v) is 5.89. The normalized spacial score (nSPS) is 11.2. The summed E-state index contributed by atoms with van der Waals surface area (Å²) in [6.07, 6.45) is 0. The van der Waals surface area contributed by atoms with Crippen LogP contribution in [0.5, 0.6) is 5.75 Å². The Morgan fingerprint density at radius 2 is 1.79 bits per heavy atom. The van der Waals surface area contributed by atoms with Crippen LogP contribution in [0.3, 0.4) is 0 Å². The van der Waals surface area contributed by atoms with E-state index in [4.69, 9.17) is 4.74 Å². The number of amides is 1. The lowest BCUT2D eigenvalue weighted by Crippen LogP contribution is -2.23. The number of nitrogens with zero attached hydrogens (tertiary/aromatic N) is 2. The number of sulfonamides is 1. The summed E-state index contributed by atoms with van der Waals surface area (Å²) < 4.78 is 44.9. The van der Waals surface area contributed by atoms with Gasteiger partial charge in [-0.3, -0.25) is 4.79 Å². The van der Waals surface area contributed by atoms with Crippen LogP contribution in [0.15, 0.2) is 53.4 Å². The van der Waals surface area contributed by atoms with Gasteiger partial charge in [0.25, 0.3) is 5.91 Å². The fourth-order valence-electron chi connectivity index (χ4n) is 2.13. The molecule has 146 valence electrons. The van der Waals surface area contributed by atoms with Crippen molar-refractivity contribution in [3.63, 3.8) is 0 Å². The molecule has 28 heavy (non-hydrogen) atoms. The first-order chi connectivity index (χ1) is 13.4. The lowest BCUT2D eigenvalue weighted by molar-refractivity contribution is 0.102. The summed E-state index contributed by atoms with van der Waals surface area (Å²) in [6.45, 7) is -0.115. The molecule has 0 saturated carbocycles. The fourth-order valence-corrected chi connectivity index (χ4v) is 3.88. The summed E-state index contributed by atoms with van der Waals surface area (Å²) >= 11 is 0.950. The van der Waals surface area contributed by atoms with Gasteiger partial charge in [0.05, 0.1) is 18.6 Å². The van der Waals surface area contributed by atoms with Crippen molar-refractivity contribution in [2.24, 2.45) is 0 Å². The molecule has 3 rings (SSSR count). The van der Waals surface area contributed by atoms with Crippen molar-refractivity contribution in [2.45, 2.75) is 11.4 Å². The quantitative estimate of drug-likeness (QED) is 0.605. The van der Waals surface area contributed by atoms with E-state index in [2.05, 4.69) is 20.2 Å². The van der Waals surface area contributed by atoms with Crippen LogP contribution in [0.25, 0.3) is 0 Å². The van der Waals surface area contributed by atoms with Crippen LogP contribution in [-0.2, 0) is 16.6 Å². The van der Waals surface area contributed by atoms with Gasteiger partial charge in [0.15, 0.2) is 0 Å². The molecule has 3 aromatic rings. The second-order valence-corrected chi connectivity index (χ2v) is 8.29. The molecular formula is C17H15FN4O4S2. The Bertz CT molecular complexity index is 1070. The number of rotatable bonds is 7. The molecule has 8 nitrogen and oxygen atoms in total. The summed E-state index contributed by atoms with van der Waals surface area (Å²) in [5.41, 5.74) is 0.406. The lowest BCUT2D eigenvalue weighted by atomic mass is 10.3. The molecule has 11 heteroatoms. The lowest BCUT2D eigenvalue weighted by Gasteiger charge is -2.06. The highest BCUT2D eigenvalue weighted by Gasteiger charge is 2.17. The molecule has 1 heterocycles. The van der Waals surface area contributed by atoms with E-state index >= 15 is 0 Å². The zero-order valence-electron chi connectivity index (χ0n) is 14.5. The number of benzene rings is 2. The van der Waals surface area contributed by atoms with E-state index in [-0.39, 0.29) is 16.4 Å². The Balaban J connectivity index is 1.62. The molecule has 0 fully saturated rings. The van der Waals surface area contributed by atoms with Gasteiger partial charge in [-0.15, -0.1) is 10.2 Å². The molecule has 0 bridgehead atoms. The van der Waals surface area contributed by atoms with Crippen LogP contribution in [0.1, 0.15) is 14.8 Å². The molecule has 0 spiro atoms. The van der Waals surface area contributed by atoms with Crippen molar-refractivity contribution in [1.82, 2.24) is 14.9 Å². The zero-order valence-corrected chi connectivity index (χ0v) is 16.2. The third-order valence-electron chi connectivity index (χ3n) is 3.55. The van der Waals surface area contributed by atoms with Gasteiger partial charge in [0.2, 0.25) is 15.0 Å². The van der Waals surface area contributed by atoms with Crippen molar-refractivity contribution >= 4 is 33.0 Å². The number of methoxy groups -OCH3 is 1. The van der Waals surface area contributed by atoms with Crippen molar-refractivity contribution in [3.8, 4) is 5.75 Å². The van der Waals surface area contributed by atoms with Crippen LogP contribution in [-0.4, -0.2) is 31.6 Å². The minimum Gasteiger partial charge on any atom is -0.497 e. The van der Waals surface area contributed by atoms with Crippen LogP contribution in [0.2, 0.25) is 0 Å². The maximum atomic E-state index is 12.9. The Morgan fingerprint density at radius 3 is 2.43 bits per heavy atom. The van der Waals surface area contributed by atoms with Crippen molar-refractivity contribution in [2.75, 3.05) is 12.4 Å². The van der Waals surface area contributed by atoms with Gasteiger partial charge >= 0.3 is 0 Å². The highest BCUT2D eigenvalue weighted by atomic mass is 32.2. The average molecular weight is 422 g/mol. The van der Waals surface area contributed by atoms with Crippen LogP contribution >= 0.6 is 11.3 Å². The molecule has 1 amide bonds. The number of hydrogen-bond acceptors (Lipinski definition) is 7. The van der Waals surface area contributed by atoms with Gasteiger partial charge in [0.1, 0.15) is 16.6 Å². The summed E-state index contributed by atoms with van der Waals surface area (Å²) in [4.78, 5) is 12.2. The number of aromatic nitrogens is 2. The van der Waals surface area contributed by atoms with Gasteiger partial charge in [0, 0.05) is 5.69 Å². The highest BCUT2D eigenvalue weighted by Crippen LogP contribution is 2.17. The maximum absolute atomic E-state index is 12.9. The summed E-state index contributed by atoms with van der Waals surface area (Å²) in [5, 5.41) is 10.5. The van der Waals surface area contributed by atoms with Gasteiger partial charge in [-0.2, -0.15) is 0 Å². The van der Waals surface area contributed by atoms with E-state index in [1.54, 1.807) is 0 Å². The largest absolute Gasteiger partial charge is 0.497 e. The van der Waals surface area contributed by atoms with Crippen molar-refractivity contribution in [1.29, 1.82) is 0 Å². The highest BCUT2D eigenvalue weighted by molar-refractivity contribution is 7.89. The number of nitrogens with one attached hydrogen (secondary N) is 2. The third kappa shape index (κ3) is 4.88. The molecule has 1 aromatic heterocycles. The van der Waals surface area contributed by atoms with Crippen molar-refractivity contribution < 1.29 is 22.3 Å². The second-order valence-electron chi connectivity index (χ2n) is 5.46. The first-order valence-electron chi connectivity index (χ1n) is 7.90. The molecule has 0 atom stereocenters. The van der Waals surface area contributed by atoms with Gasteiger partial charge in [-0.1, -0.05) is 11.3 Å². The molecular weight excluding hydrogens is 407 g/mol. The smallest absolute Gasteiger partial charge is 0.286 e. The summed E-state index contributed by atoms with van der Waals surface area (Å²) in [6, 6.07) is 11.2. The SMILES string of the molecule is COc1ccc(S(=O)(=O)NCc2nnc(C(=O)Nc3ccc(F)cc3)s2)cc1. The molecule has 0 aliphatic rings. The predicted molar refractivity (Wildman–Crippen MR) is 101 cm³/mol. The first-order valence-corrected chi connectivity index (χ1v) is 10.2. The number of halogens is 1. The summed E-state index contributed by atoms with van der Waals surface area (Å²) in [5.74, 6) is -0.395. The Labute approximate surface area is 164 Å². The van der Waals surface area contributed by atoms with E-state index in [1.165, 1.54) is 55.6 Å². The van der Waals surface area contributed by atoms with Gasteiger partial charge in [-0.25, -0.2) is 17.5 Å². The maximum Gasteiger partial charge on any atom is 0.286 e. The minimum atomic E-state index is -3.75. The number of hydrogen-bond donors (Lipinski definition) is 2.